The fourth-order valence-electron chi connectivity index (χ4n) is 9.03. The molecule has 394 valence electrons. The molecule has 70 heavy (non-hydrogen) atoms. The molecule has 0 aliphatic rings. The average molecular weight is 978 g/mol. The van der Waals surface area contributed by atoms with Crippen LogP contribution in [0, 0.1) is 11.8 Å². The zero-order valence-corrected chi connectivity index (χ0v) is 43.4. The van der Waals surface area contributed by atoms with Crippen molar-refractivity contribution in [2.75, 3.05) is 13.1 Å². The van der Waals surface area contributed by atoms with Gasteiger partial charge in [-0.3, -0.25) is 34.0 Å². The summed E-state index contributed by atoms with van der Waals surface area (Å²) in [4.78, 5) is 87.6. The van der Waals surface area contributed by atoms with E-state index in [4.69, 9.17) is 23.0 Å². The number of Topliss-reactive ketones (excluding diaryl/α,β-unsaturated/α-hetero) is 1. The van der Waals surface area contributed by atoms with E-state index < -0.39 is 59.1 Å². The van der Waals surface area contributed by atoms with Gasteiger partial charge in [-0.15, -0.1) is 0 Å². The van der Waals surface area contributed by atoms with Gasteiger partial charge >= 0.3 is 5.97 Å². The minimum atomic E-state index is -2.40. The number of nitrogens with zero attached hydrogens (tertiary/aromatic N) is 2. The number of aliphatic carboxylic acids is 1. The molecule has 0 saturated carbocycles. The minimum absolute atomic E-state index is 0.0410. The molecule has 0 bridgehead atoms. The smallest absolute Gasteiger partial charge is 0.326 e. The quantitative estimate of drug-likeness (QED) is 0.00619. The molecule has 16 nitrogen and oxygen atoms in total. The van der Waals surface area contributed by atoms with Crippen LogP contribution in [0.15, 0.2) is 47.5 Å². The molecule has 0 aromatic heterocycles. The maximum Gasteiger partial charge on any atom is 0.326 e. The van der Waals surface area contributed by atoms with Crippen LogP contribution in [0.25, 0.3) is 10.8 Å². The minimum Gasteiger partial charge on any atom is -0.480 e. The summed E-state index contributed by atoms with van der Waals surface area (Å²) in [6, 6.07) is 10.0. The summed E-state index contributed by atoms with van der Waals surface area (Å²) < 4.78 is 0. The molecule has 12 N–H and O–H groups in total. The van der Waals surface area contributed by atoms with Gasteiger partial charge in [0.1, 0.15) is 6.04 Å². The molecular formula is C54H91N9O7. The molecule has 4 atom stereocenters. The number of carbonyl (C=O) groups excluding carboxylic acids is 5. The number of hydrazine groups is 1. The van der Waals surface area contributed by atoms with Crippen LogP contribution in [0.1, 0.15) is 188 Å². The van der Waals surface area contributed by atoms with E-state index in [1.807, 2.05) is 42.5 Å². The Morgan fingerprint density at radius 1 is 0.714 bits per heavy atom. The molecule has 16 heteroatoms. The molecule has 0 fully saturated rings. The van der Waals surface area contributed by atoms with Gasteiger partial charge in [0.05, 0.1) is 12.1 Å². The SMILES string of the molecule is CCCCCCCCCCCCCCCCCC(=O)N[C@@H](CCCCNC(=O)[C@@H](N)CCCN=C(N)N)C(=O)[C@](CC(C)C)(C(=O)N[C@H](C(=O)O)C(C)C)N(N)C(=O)CCc1cccc2ccccc12. The van der Waals surface area contributed by atoms with E-state index >= 15 is 4.79 Å². The Kier molecular flexibility index (Phi) is 29.9. The number of carboxylic acid groups (broad SMARTS) is 1. The van der Waals surface area contributed by atoms with Crippen LogP contribution in [0.4, 0.5) is 0 Å². The molecule has 0 unspecified atom stereocenters. The number of benzene rings is 2. The van der Waals surface area contributed by atoms with Gasteiger partial charge in [0.25, 0.3) is 5.91 Å². The number of guanidine groups is 1. The number of hydrogen-bond acceptors (Lipinski definition) is 9. The molecule has 0 spiro atoms. The second-order valence-electron chi connectivity index (χ2n) is 19.9. The molecule has 0 saturated heterocycles. The van der Waals surface area contributed by atoms with Crippen molar-refractivity contribution in [3.05, 3.63) is 48.0 Å². The highest BCUT2D eigenvalue weighted by atomic mass is 16.4. The molecule has 2 aromatic rings. The lowest BCUT2D eigenvalue weighted by molar-refractivity contribution is -0.160. The fourth-order valence-corrected chi connectivity index (χ4v) is 9.03. The molecule has 0 heterocycles. The van der Waals surface area contributed by atoms with Gasteiger partial charge in [-0.1, -0.05) is 167 Å². The van der Waals surface area contributed by atoms with E-state index in [1.165, 1.54) is 64.2 Å². The summed E-state index contributed by atoms with van der Waals surface area (Å²) in [5.74, 6) is 1.14. The third kappa shape index (κ3) is 22.3. The van der Waals surface area contributed by atoms with Crippen LogP contribution in [-0.2, 0) is 35.2 Å². The number of aliphatic imine (C=N–C) groups is 1. The lowest BCUT2D eigenvalue weighted by Crippen LogP contribution is -2.72. The zero-order chi connectivity index (χ0) is 51.9. The Morgan fingerprint density at radius 3 is 1.87 bits per heavy atom. The monoisotopic (exact) mass is 978 g/mol. The van der Waals surface area contributed by atoms with Crippen LogP contribution in [-0.4, -0.2) is 88.2 Å². The van der Waals surface area contributed by atoms with Crippen LogP contribution in [0.5, 0.6) is 0 Å². The van der Waals surface area contributed by atoms with E-state index in [-0.39, 0.29) is 56.4 Å². The molecular weight excluding hydrogens is 887 g/mol. The van der Waals surface area contributed by atoms with Crippen LogP contribution in [0.3, 0.4) is 0 Å². The first-order valence-corrected chi connectivity index (χ1v) is 26.5. The van der Waals surface area contributed by atoms with Gasteiger partial charge < -0.3 is 38.3 Å². The summed E-state index contributed by atoms with van der Waals surface area (Å²) >= 11 is 0. The van der Waals surface area contributed by atoms with Crippen molar-refractivity contribution in [3.8, 4) is 0 Å². The third-order valence-corrected chi connectivity index (χ3v) is 13.1. The van der Waals surface area contributed by atoms with Crippen molar-refractivity contribution in [2.24, 2.45) is 39.9 Å². The number of unbranched alkanes of at least 4 members (excludes halogenated alkanes) is 15. The Morgan fingerprint density at radius 2 is 1.30 bits per heavy atom. The summed E-state index contributed by atoms with van der Waals surface area (Å²) in [6.45, 7) is 9.60. The van der Waals surface area contributed by atoms with Gasteiger partial charge in [-0.25, -0.2) is 10.6 Å². The maximum absolute atomic E-state index is 15.4. The zero-order valence-electron chi connectivity index (χ0n) is 43.4. The number of carboxylic acids is 1. The standard InChI is InChI=1S/C54H91N9O7/c1-6-7-8-9-10-11-12-13-14-15-16-17-18-19-20-33-46(64)61-45(32-23-24-36-59-50(67)44(55)31-26-37-60-53(56)57)49(66)54(38-39(2)3,52(70)62-48(40(4)5)51(68)69)63(58)47(65)35-34-42-29-25-28-41-27-21-22-30-43(41)42/h21-22,25,27-30,39-40,44-45,48H,6-20,23-24,26,31-38,55,58H2,1-5H3,(H,59,67)(H,61,64)(H,62,70)(H,68,69)(H4,56,57,60)/t44-,45-,48-,54+/m0/s1. The van der Waals surface area contributed by atoms with Crippen LogP contribution in [0.2, 0.25) is 0 Å². The lowest BCUT2D eigenvalue weighted by Gasteiger charge is -2.42. The predicted molar refractivity (Wildman–Crippen MR) is 281 cm³/mol. The molecule has 2 rings (SSSR count). The highest BCUT2D eigenvalue weighted by Crippen LogP contribution is 2.30. The molecule has 0 radical (unpaired) electrons. The van der Waals surface area contributed by atoms with Crippen molar-refractivity contribution in [3.63, 3.8) is 0 Å². The van der Waals surface area contributed by atoms with E-state index in [0.29, 0.717) is 43.7 Å². The number of fused-ring (bicyclic) bond motifs is 1. The lowest BCUT2D eigenvalue weighted by atomic mass is 9.78. The summed E-state index contributed by atoms with van der Waals surface area (Å²) in [7, 11) is 0. The van der Waals surface area contributed by atoms with Crippen molar-refractivity contribution in [1.29, 1.82) is 0 Å². The molecule has 0 aliphatic carbocycles. The number of nitrogens with two attached hydrogens (primary N) is 4. The van der Waals surface area contributed by atoms with Crippen LogP contribution >= 0.6 is 0 Å². The van der Waals surface area contributed by atoms with Gasteiger partial charge in [0, 0.05) is 25.9 Å². The Labute approximate surface area is 419 Å². The van der Waals surface area contributed by atoms with E-state index in [0.717, 1.165) is 42.0 Å². The Hall–Kier alpha value is -5.09. The van der Waals surface area contributed by atoms with E-state index in [2.05, 4.69) is 27.9 Å². The predicted octanol–water partition coefficient (Wildman–Crippen LogP) is 7.47. The number of rotatable bonds is 39. The number of amides is 4. The highest BCUT2D eigenvalue weighted by Gasteiger charge is 2.55. The average Bonchev–Trinajstić information content (AvgIpc) is 3.32. The largest absolute Gasteiger partial charge is 0.480 e. The number of ketones is 1. The Balaban J connectivity index is 2.32. The number of aryl methyl sites for hydroxylation is 1. The summed E-state index contributed by atoms with van der Waals surface area (Å²) in [5.41, 5.74) is 15.3. The van der Waals surface area contributed by atoms with Crippen molar-refractivity contribution >= 4 is 52.1 Å². The number of hydrogen-bond donors (Lipinski definition) is 8. The third-order valence-electron chi connectivity index (χ3n) is 13.1. The second-order valence-corrected chi connectivity index (χ2v) is 19.9. The summed E-state index contributed by atoms with van der Waals surface area (Å²) in [6.07, 6.45) is 19.2. The fraction of sp³-hybridized carbons (Fsp3) is 0.685. The van der Waals surface area contributed by atoms with Gasteiger partial charge in [0.2, 0.25) is 17.7 Å². The number of carbonyl (C=O) groups is 6. The summed E-state index contributed by atoms with van der Waals surface area (Å²) in [5, 5.41) is 21.1. The van der Waals surface area contributed by atoms with E-state index in [9.17, 15) is 29.1 Å². The first-order valence-electron chi connectivity index (χ1n) is 26.5. The number of nitrogens with one attached hydrogen (secondary N) is 3. The topological polar surface area (TPSA) is 278 Å². The highest BCUT2D eigenvalue weighted by molar-refractivity contribution is 6.15. The van der Waals surface area contributed by atoms with Gasteiger partial charge in [-0.05, 0) is 79.5 Å². The molecule has 4 amide bonds. The van der Waals surface area contributed by atoms with Gasteiger partial charge in [0.15, 0.2) is 17.3 Å². The van der Waals surface area contributed by atoms with Gasteiger partial charge in [-0.2, -0.15) is 0 Å². The first kappa shape index (κ1) is 61.0. The Bertz CT molecular complexity index is 1920. The molecule has 0 aliphatic heterocycles. The second kappa shape index (κ2) is 34.3. The van der Waals surface area contributed by atoms with Crippen molar-refractivity contribution < 1.29 is 33.9 Å². The van der Waals surface area contributed by atoms with Crippen molar-refractivity contribution in [1.82, 2.24) is 21.0 Å². The van der Waals surface area contributed by atoms with Crippen LogP contribution < -0.4 is 39.0 Å². The maximum atomic E-state index is 15.4. The van der Waals surface area contributed by atoms with Crippen molar-refractivity contribution in [2.45, 2.75) is 212 Å². The molecule has 2 aromatic carbocycles. The normalized spacial score (nSPS) is 13.6. The first-order chi connectivity index (χ1) is 33.5. The van der Waals surface area contributed by atoms with E-state index in [1.54, 1.807) is 27.7 Å².